The van der Waals surface area contributed by atoms with Crippen molar-refractivity contribution in [3.63, 3.8) is 0 Å². The van der Waals surface area contributed by atoms with Gasteiger partial charge in [-0.25, -0.2) is 4.39 Å². The predicted molar refractivity (Wildman–Crippen MR) is 102 cm³/mol. The first-order chi connectivity index (χ1) is 13.1. The smallest absolute Gasteiger partial charge is 0.289 e. The number of hydrogen-bond acceptors (Lipinski definition) is 4. The number of halogens is 1. The number of nitrogens with one attached hydrogen (secondary N) is 1. The fourth-order valence-electron chi connectivity index (χ4n) is 3.05. The van der Waals surface area contributed by atoms with E-state index >= 15 is 0 Å². The zero-order valence-corrected chi connectivity index (χ0v) is 15.8. The van der Waals surface area contributed by atoms with E-state index in [0.29, 0.717) is 38.2 Å². The maximum Gasteiger partial charge on any atom is 0.289 e. The van der Waals surface area contributed by atoms with Gasteiger partial charge in [-0.05, 0) is 61.4 Å². The van der Waals surface area contributed by atoms with Gasteiger partial charge in [-0.3, -0.25) is 9.59 Å². The van der Waals surface area contributed by atoms with Crippen LogP contribution in [-0.2, 0) is 4.79 Å². The van der Waals surface area contributed by atoms with Crippen molar-refractivity contribution >= 4 is 23.6 Å². The highest BCUT2D eigenvalue weighted by Crippen LogP contribution is 2.20. The van der Waals surface area contributed by atoms with Crippen molar-refractivity contribution < 1.29 is 18.4 Å². The summed E-state index contributed by atoms with van der Waals surface area (Å²) in [7, 11) is 0. The van der Waals surface area contributed by atoms with Gasteiger partial charge in [0.15, 0.2) is 5.76 Å². The Bertz CT molecular complexity index is 741. The summed E-state index contributed by atoms with van der Waals surface area (Å²) in [5.74, 6) is 0.876. The number of hydrogen-bond donors (Lipinski definition) is 1. The van der Waals surface area contributed by atoms with Crippen LogP contribution in [0.1, 0.15) is 29.8 Å². The number of rotatable bonds is 7. The van der Waals surface area contributed by atoms with Gasteiger partial charge in [0.2, 0.25) is 5.91 Å². The Morgan fingerprint density at radius 2 is 1.93 bits per heavy atom. The SMILES string of the molecule is O=C(NCCCSc1ccc(F)cc1)C1CCN(C(=O)c2ccco2)CC1. The lowest BCUT2D eigenvalue weighted by Crippen LogP contribution is -2.43. The largest absolute Gasteiger partial charge is 0.459 e. The molecule has 2 heterocycles. The zero-order chi connectivity index (χ0) is 19.1. The average molecular weight is 390 g/mol. The van der Waals surface area contributed by atoms with E-state index in [2.05, 4.69) is 5.32 Å². The van der Waals surface area contributed by atoms with Crippen LogP contribution >= 0.6 is 11.8 Å². The molecule has 0 atom stereocenters. The fourth-order valence-corrected chi connectivity index (χ4v) is 3.90. The molecule has 1 aromatic heterocycles. The highest BCUT2D eigenvalue weighted by atomic mass is 32.2. The second-order valence-corrected chi connectivity index (χ2v) is 7.66. The van der Waals surface area contributed by atoms with Gasteiger partial charge in [-0.2, -0.15) is 0 Å². The van der Waals surface area contributed by atoms with Gasteiger partial charge in [0, 0.05) is 30.4 Å². The van der Waals surface area contributed by atoms with Crippen molar-refractivity contribution in [3.8, 4) is 0 Å². The van der Waals surface area contributed by atoms with Gasteiger partial charge in [-0.15, -0.1) is 11.8 Å². The molecular formula is C20H23FN2O3S. The van der Waals surface area contributed by atoms with E-state index in [1.165, 1.54) is 18.4 Å². The van der Waals surface area contributed by atoms with Gasteiger partial charge in [0.05, 0.1) is 6.26 Å². The molecule has 5 nitrogen and oxygen atoms in total. The molecule has 0 aliphatic carbocycles. The van der Waals surface area contributed by atoms with Gasteiger partial charge < -0.3 is 14.6 Å². The summed E-state index contributed by atoms with van der Waals surface area (Å²) in [6, 6.07) is 9.78. The first-order valence-corrected chi connectivity index (χ1v) is 10.1. The average Bonchev–Trinajstić information content (AvgIpc) is 3.23. The summed E-state index contributed by atoms with van der Waals surface area (Å²) in [4.78, 5) is 27.3. The Balaban J connectivity index is 1.31. The summed E-state index contributed by atoms with van der Waals surface area (Å²) >= 11 is 1.65. The molecule has 0 saturated carbocycles. The van der Waals surface area contributed by atoms with Gasteiger partial charge in [0.1, 0.15) is 5.82 Å². The van der Waals surface area contributed by atoms with E-state index in [1.54, 1.807) is 40.9 Å². The Hall–Kier alpha value is -2.28. The predicted octanol–water partition coefficient (Wildman–Crippen LogP) is 3.57. The van der Waals surface area contributed by atoms with E-state index in [0.717, 1.165) is 17.1 Å². The van der Waals surface area contributed by atoms with Crippen LogP contribution in [0, 0.1) is 11.7 Å². The number of piperidine rings is 1. The first-order valence-electron chi connectivity index (χ1n) is 9.12. The van der Waals surface area contributed by atoms with E-state index in [-0.39, 0.29) is 23.5 Å². The van der Waals surface area contributed by atoms with E-state index in [4.69, 9.17) is 4.42 Å². The molecule has 1 aliphatic rings. The van der Waals surface area contributed by atoms with Crippen molar-refractivity contribution in [2.45, 2.75) is 24.2 Å². The van der Waals surface area contributed by atoms with Crippen LogP contribution in [0.4, 0.5) is 4.39 Å². The highest BCUT2D eigenvalue weighted by molar-refractivity contribution is 7.99. The van der Waals surface area contributed by atoms with Crippen LogP contribution in [-0.4, -0.2) is 42.1 Å². The molecule has 27 heavy (non-hydrogen) atoms. The molecule has 2 amide bonds. The molecule has 1 N–H and O–H groups in total. The lowest BCUT2D eigenvalue weighted by molar-refractivity contribution is -0.126. The number of furan rings is 1. The molecule has 1 fully saturated rings. The Morgan fingerprint density at radius 1 is 1.19 bits per heavy atom. The molecular weight excluding hydrogens is 367 g/mol. The van der Waals surface area contributed by atoms with Crippen LogP contribution in [0.15, 0.2) is 52.0 Å². The van der Waals surface area contributed by atoms with Gasteiger partial charge in [-0.1, -0.05) is 0 Å². The lowest BCUT2D eigenvalue weighted by atomic mass is 9.95. The van der Waals surface area contributed by atoms with Crippen LogP contribution in [0.3, 0.4) is 0 Å². The third-order valence-electron chi connectivity index (χ3n) is 4.59. The van der Waals surface area contributed by atoms with E-state index < -0.39 is 0 Å². The molecule has 144 valence electrons. The molecule has 0 spiro atoms. The molecule has 1 saturated heterocycles. The van der Waals surface area contributed by atoms with Crippen molar-refractivity contribution in [2.24, 2.45) is 5.92 Å². The monoisotopic (exact) mass is 390 g/mol. The second-order valence-electron chi connectivity index (χ2n) is 6.49. The summed E-state index contributed by atoms with van der Waals surface area (Å²) in [6.07, 6.45) is 3.68. The minimum Gasteiger partial charge on any atom is -0.459 e. The maximum absolute atomic E-state index is 12.9. The van der Waals surface area contributed by atoms with Crippen molar-refractivity contribution in [1.29, 1.82) is 0 Å². The number of likely N-dealkylation sites (tertiary alicyclic amines) is 1. The molecule has 2 aromatic rings. The summed E-state index contributed by atoms with van der Waals surface area (Å²) in [5.41, 5.74) is 0. The van der Waals surface area contributed by atoms with E-state index in [1.807, 2.05) is 0 Å². The topological polar surface area (TPSA) is 62.6 Å². The van der Waals surface area contributed by atoms with Crippen LogP contribution in [0.5, 0.6) is 0 Å². The van der Waals surface area contributed by atoms with Gasteiger partial charge >= 0.3 is 0 Å². The fraction of sp³-hybridized carbons (Fsp3) is 0.400. The molecule has 7 heteroatoms. The Morgan fingerprint density at radius 3 is 2.59 bits per heavy atom. The molecule has 3 rings (SSSR count). The van der Waals surface area contributed by atoms with E-state index in [9.17, 15) is 14.0 Å². The standard InChI is InChI=1S/C20H23FN2O3S/c21-16-4-6-17(7-5-16)27-14-2-10-22-19(24)15-8-11-23(12-9-15)20(25)18-3-1-13-26-18/h1,3-7,13,15H,2,8-12,14H2,(H,22,24). The van der Waals surface area contributed by atoms with Crippen LogP contribution in [0.25, 0.3) is 0 Å². The normalized spacial score (nSPS) is 14.9. The summed E-state index contributed by atoms with van der Waals surface area (Å²) < 4.78 is 18.0. The van der Waals surface area contributed by atoms with Crippen molar-refractivity contribution in [2.75, 3.05) is 25.4 Å². The van der Waals surface area contributed by atoms with Crippen molar-refractivity contribution in [1.82, 2.24) is 10.2 Å². The summed E-state index contributed by atoms with van der Waals surface area (Å²) in [6.45, 7) is 1.76. The van der Waals surface area contributed by atoms with Crippen LogP contribution < -0.4 is 5.32 Å². The zero-order valence-electron chi connectivity index (χ0n) is 15.0. The Kier molecular flexibility index (Phi) is 6.92. The third kappa shape index (κ3) is 5.60. The maximum atomic E-state index is 12.9. The number of carbonyl (C=O) groups is 2. The summed E-state index contributed by atoms with van der Waals surface area (Å²) in [5, 5.41) is 2.99. The Labute approximate surface area is 162 Å². The minimum atomic E-state index is -0.233. The van der Waals surface area contributed by atoms with Gasteiger partial charge in [0.25, 0.3) is 5.91 Å². The number of carbonyl (C=O) groups excluding carboxylic acids is 2. The number of benzene rings is 1. The minimum absolute atomic E-state index is 0.0459. The molecule has 1 aromatic carbocycles. The second kappa shape index (κ2) is 9.60. The number of amides is 2. The van der Waals surface area contributed by atoms with Crippen LogP contribution in [0.2, 0.25) is 0 Å². The quantitative estimate of drug-likeness (QED) is 0.580. The number of thioether (sulfide) groups is 1. The highest BCUT2D eigenvalue weighted by Gasteiger charge is 2.28. The molecule has 0 bridgehead atoms. The molecule has 1 aliphatic heterocycles. The molecule has 0 unspecified atom stereocenters. The molecule has 0 radical (unpaired) electrons. The lowest BCUT2D eigenvalue weighted by Gasteiger charge is -2.30. The third-order valence-corrected chi connectivity index (χ3v) is 5.69. The first kappa shape index (κ1) is 19.5. The van der Waals surface area contributed by atoms with Crippen molar-refractivity contribution in [3.05, 3.63) is 54.2 Å². The number of nitrogens with zero attached hydrogens (tertiary/aromatic N) is 1.